The van der Waals surface area contributed by atoms with Crippen LogP contribution in [0.5, 0.6) is 0 Å². The standard InChI is InChI=1S/C7H11O2/c1-4-5-9-7(8)6(2)3/h1-2,4-5H2,3H3. The molecule has 0 heterocycles. The van der Waals surface area contributed by atoms with Crippen LogP contribution < -0.4 is 0 Å². The highest BCUT2D eigenvalue weighted by molar-refractivity contribution is 5.86. The molecular weight excluding hydrogens is 116 g/mol. The predicted octanol–water partition coefficient (Wildman–Crippen LogP) is 1.33. The van der Waals surface area contributed by atoms with E-state index in [9.17, 15) is 4.79 Å². The normalized spacial score (nSPS) is 8.67. The Labute approximate surface area is 55.5 Å². The summed E-state index contributed by atoms with van der Waals surface area (Å²) < 4.78 is 4.65. The molecule has 51 valence electrons. The van der Waals surface area contributed by atoms with E-state index in [-0.39, 0.29) is 5.97 Å². The monoisotopic (exact) mass is 127 g/mol. The second-order valence-corrected chi connectivity index (χ2v) is 1.77. The molecule has 9 heavy (non-hydrogen) atoms. The van der Waals surface area contributed by atoms with Gasteiger partial charge in [0.25, 0.3) is 0 Å². The van der Waals surface area contributed by atoms with Crippen LogP contribution in [-0.4, -0.2) is 12.6 Å². The van der Waals surface area contributed by atoms with Crippen molar-refractivity contribution in [2.24, 2.45) is 0 Å². The average Bonchev–Trinajstić information content (AvgIpc) is 1.82. The first-order chi connectivity index (χ1) is 4.18. The Kier molecular flexibility index (Phi) is 3.76. The van der Waals surface area contributed by atoms with Crippen LogP contribution in [-0.2, 0) is 9.53 Å². The highest BCUT2D eigenvalue weighted by Crippen LogP contribution is 1.91. The van der Waals surface area contributed by atoms with Crippen molar-refractivity contribution in [3.63, 3.8) is 0 Å². The molecule has 0 unspecified atom stereocenters. The van der Waals surface area contributed by atoms with Crippen LogP contribution in [0, 0.1) is 6.92 Å². The third-order valence-electron chi connectivity index (χ3n) is 0.726. The van der Waals surface area contributed by atoms with E-state index in [2.05, 4.69) is 18.2 Å². The van der Waals surface area contributed by atoms with E-state index < -0.39 is 0 Å². The van der Waals surface area contributed by atoms with Crippen LogP contribution in [0.4, 0.5) is 0 Å². The van der Waals surface area contributed by atoms with E-state index in [4.69, 9.17) is 0 Å². The summed E-state index contributed by atoms with van der Waals surface area (Å²) in [5, 5.41) is 0. The Morgan fingerprint density at radius 1 is 1.67 bits per heavy atom. The van der Waals surface area contributed by atoms with Gasteiger partial charge in [0.2, 0.25) is 0 Å². The quantitative estimate of drug-likeness (QED) is 0.422. The second-order valence-electron chi connectivity index (χ2n) is 1.77. The van der Waals surface area contributed by atoms with Gasteiger partial charge < -0.3 is 4.74 Å². The lowest BCUT2D eigenvalue weighted by atomic mass is 10.4. The Morgan fingerprint density at radius 2 is 2.22 bits per heavy atom. The molecule has 1 radical (unpaired) electrons. The van der Waals surface area contributed by atoms with Crippen LogP contribution in [0.3, 0.4) is 0 Å². The molecule has 0 aliphatic rings. The van der Waals surface area contributed by atoms with Crippen molar-refractivity contribution in [2.75, 3.05) is 6.61 Å². The van der Waals surface area contributed by atoms with Crippen molar-refractivity contribution in [2.45, 2.75) is 13.3 Å². The van der Waals surface area contributed by atoms with Crippen molar-refractivity contribution in [1.82, 2.24) is 0 Å². The Balaban J connectivity index is 3.39. The zero-order valence-electron chi connectivity index (χ0n) is 5.64. The van der Waals surface area contributed by atoms with Gasteiger partial charge in [0.1, 0.15) is 0 Å². The number of hydrogen-bond acceptors (Lipinski definition) is 2. The number of ether oxygens (including phenoxy) is 1. The van der Waals surface area contributed by atoms with E-state index in [0.29, 0.717) is 18.6 Å². The molecule has 0 saturated heterocycles. The van der Waals surface area contributed by atoms with Crippen molar-refractivity contribution in [3.8, 4) is 0 Å². The molecule has 0 aliphatic carbocycles. The van der Waals surface area contributed by atoms with Gasteiger partial charge in [-0.1, -0.05) is 6.58 Å². The van der Waals surface area contributed by atoms with E-state index in [1.807, 2.05) is 0 Å². The van der Waals surface area contributed by atoms with Gasteiger partial charge in [0, 0.05) is 5.57 Å². The van der Waals surface area contributed by atoms with Crippen LogP contribution in [0.1, 0.15) is 13.3 Å². The minimum Gasteiger partial charge on any atom is -0.462 e. The molecule has 0 aromatic heterocycles. The van der Waals surface area contributed by atoms with Gasteiger partial charge in [0.05, 0.1) is 6.61 Å². The predicted molar refractivity (Wildman–Crippen MR) is 35.7 cm³/mol. The molecule has 0 saturated carbocycles. The second kappa shape index (κ2) is 4.13. The number of carbonyl (C=O) groups excluding carboxylic acids is 1. The summed E-state index contributed by atoms with van der Waals surface area (Å²) in [6.45, 7) is 8.92. The molecule has 0 spiro atoms. The Hall–Kier alpha value is -0.790. The molecule has 0 bridgehead atoms. The van der Waals surface area contributed by atoms with Gasteiger partial charge in [-0.05, 0) is 20.3 Å². The van der Waals surface area contributed by atoms with Crippen molar-refractivity contribution < 1.29 is 9.53 Å². The number of esters is 1. The maximum absolute atomic E-state index is 10.6. The smallest absolute Gasteiger partial charge is 0.333 e. The summed E-state index contributed by atoms with van der Waals surface area (Å²) in [5.74, 6) is -0.335. The van der Waals surface area contributed by atoms with E-state index in [1.54, 1.807) is 6.92 Å². The lowest BCUT2D eigenvalue weighted by molar-refractivity contribution is -0.138. The highest BCUT2D eigenvalue weighted by atomic mass is 16.5. The van der Waals surface area contributed by atoms with Gasteiger partial charge in [-0.2, -0.15) is 0 Å². The molecule has 0 aromatic rings. The largest absolute Gasteiger partial charge is 0.462 e. The average molecular weight is 127 g/mol. The Bertz CT molecular complexity index is 116. The van der Waals surface area contributed by atoms with E-state index in [0.717, 1.165) is 0 Å². The molecule has 0 N–H and O–H groups in total. The van der Waals surface area contributed by atoms with Gasteiger partial charge in [-0.25, -0.2) is 4.79 Å². The first-order valence-corrected chi connectivity index (χ1v) is 2.80. The topological polar surface area (TPSA) is 26.3 Å². The number of rotatable bonds is 3. The van der Waals surface area contributed by atoms with Crippen molar-refractivity contribution in [3.05, 3.63) is 19.1 Å². The third kappa shape index (κ3) is 3.76. The van der Waals surface area contributed by atoms with Crippen LogP contribution >= 0.6 is 0 Å². The summed E-state index contributed by atoms with van der Waals surface area (Å²) >= 11 is 0. The summed E-state index contributed by atoms with van der Waals surface area (Å²) in [7, 11) is 0. The number of hydrogen-bond donors (Lipinski definition) is 0. The molecule has 0 rings (SSSR count). The summed E-state index contributed by atoms with van der Waals surface area (Å²) in [5.41, 5.74) is 0.434. The Morgan fingerprint density at radius 3 is 2.56 bits per heavy atom. The molecule has 0 aliphatic heterocycles. The van der Waals surface area contributed by atoms with Crippen molar-refractivity contribution in [1.29, 1.82) is 0 Å². The van der Waals surface area contributed by atoms with Gasteiger partial charge >= 0.3 is 5.97 Å². The number of carbonyl (C=O) groups is 1. The summed E-state index contributed by atoms with van der Waals surface area (Å²) in [6, 6.07) is 0. The molecule has 0 atom stereocenters. The summed E-state index contributed by atoms with van der Waals surface area (Å²) in [6.07, 6.45) is 0.610. The van der Waals surface area contributed by atoms with Crippen LogP contribution in [0.15, 0.2) is 12.2 Å². The molecule has 0 amide bonds. The maximum atomic E-state index is 10.6. The minimum absolute atomic E-state index is 0.335. The zero-order valence-corrected chi connectivity index (χ0v) is 5.64. The molecule has 0 aromatic carbocycles. The lowest BCUT2D eigenvalue weighted by Crippen LogP contribution is -2.04. The fourth-order valence-corrected chi connectivity index (χ4v) is 0.288. The molecule has 0 fully saturated rings. The van der Waals surface area contributed by atoms with E-state index in [1.165, 1.54) is 0 Å². The van der Waals surface area contributed by atoms with Crippen LogP contribution in [0.2, 0.25) is 0 Å². The zero-order chi connectivity index (χ0) is 7.28. The minimum atomic E-state index is -0.335. The molecule has 2 heteroatoms. The lowest BCUT2D eigenvalue weighted by Gasteiger charge is -1.99. The first kappa shape index (κ1) is 8.21. The fraction of sp³-hybridized carbons (Fsp3) is 0.429. The SMILES string of the molecule is [CH2]CCOC(=O)C(=C)C. The first-order valence-electron chi connectivity index (χ1n) is 2.80. The van der Waals surface area contributed by atoms with Gasteiger partial charge in [-0.3, -0.25) is 0 Å². The van der Waals surface area contributed by atoms with Crippen LogP contribution in [0.25, 0.3) is 0 Å². The fourth-order valence-electron chi connectivity index (χ4n) is 0.288. The van der Waals surface area contributed by atoms with Gasteiger partial charge in [-0.15, -0.1) is 0 Å². The third-order valence-corrected chi connectivity index (χ3v) is 0.726. The van der Waals surface area contributed by atoms with Crippen molar-refractivity contribution >= 4 is 5.97 Å². The molecular formula is C7H11O2. The summed E-state index contributed by atoms with van der Waals surface area (Å²) in [4.78, 5) is 10.6. The maximum Gasteiger partial charge on any atom is 0.333 e. The molecule has 2 nitrogen and oxygen atoms in total. The van der Waals surface area contributed by atoms with E-state index >= 15 is 0 Å². The highest BCUT2D eigenvalue weighted by Gasteiger charge is 1.99. The van der Waals surface area contributed by atoms with Gasteiger partial charge in [0.15, 0.2) is 0 Å².